The Hall–Kier alpha value is -1.15. The van der Waals surface area contributed by atoms with Gasteiger partial charge in [0.25, 0.3) is 0 Å². The van der Waals surface area contributed by atoms with Crippen molar-refractivity contribution < 1.29 is 4.79 Å². The molecule has 2 nitrogen and oxygen atoms in total. The largest absolute Gasteiger partial charge is 0.326 e. The van der Waals surface area contributed by atoms with Crippen molar-refractivity contribution in [2.45, 2.75) is 26.8 Å². The predicted molar refractivity (Wildman–Crippen MR) is 57.9 cm³/mol. The van der Waals surface area contributed by atoms with Crippen molar-refractivity contribution in [2.24, 2.45) is 11.7 Å². The lowest BCUT2D eigenvalue weighted by Gasteiger charge is -2.08. The highest BCUT2D eigenvalue weighted by Crippen LogP contribution is 2.11. The molecule has 0 fully saturated rings. The van der Waals surface area contributed by atoms with Crippen molar-refractivity contribution in [1.29, 1.82) is 0 Å². The van der Waals surface area contributed by atoms with Gasteiger partial charge in [-0.15, -0.1) is 0 Å². The van der Waals surface area contributed by atoms with Crippen LogP contribution in [0.1, 0.15) is 25.0 Å². The number of rotatable bonds is 4. The van der Waals surface area contributed by atoms with Crippen molar-refractivity contribution >= 4 is 5.78 Å². The SMILES string of the molecule is CC(C)C(=O)Cc1ccccc1CN. The zero-order valence-corrected chi connectivity index (χ0v) is 8.79. The van der Waals surface area contributed by atoms with Crippen molar-refractivity contribution in [3.05, 3.63) is 35.4 Å². The summed E-state index contributed by atoms with van der Waals surface area (Å²) in [6.07, 6.45) is 0.505. The maximum Gasteiger partial charge on any atom is 0.139 e. The molecule has 76 valence electrons. The van der Waals surface area contributed by atoms with Crippen LogP contribution in [0, 0.1) is 5.92 Å². The molecule has 0 aliphatic rings. The van der Waals surface area contributed by atoms with Crippen LogP contribution in [0.25, 0.3) is 0 Å². The van der Waals surface area contributed by atoms with E-state index in [1.54, 1.807) is 0 Å². The molecule has 0 aliphatic heterocycles. The van der Waals surface area contributed by atoms with Crippen LogP contribution in [0.5, 0.6) is 0 Å². The van der Waals surface area contributed by atoms with Gasteiger partial charge in [0.05, 0.1) is 0 Å². The van der Waals surface area contributed by atoms with Gasteiger partial charge in [-0.25, -0.2) is 0 Å². The third-order valence-electron chi connectivity index (χ3n) is 2.35. The van der Waals surface area contributed by atoms with Gasteiger partial charge in [-0.05, 0) is 11.1 Å². The molecule has 0 unspecified atom stereocenters. The molecular formula is C12H17NO. The van der Waals surface area contributed by atoms with Gasteiger partial charge in [-0.3, -0.25) is 4.79 Å². The standard InChI is InChI=1S/C12H17NO/c1-9(2)12(14)7-10-5-3-4-6-11(10)8-13/h3-6,9H,7-8,13H2,1-2H3. The van der Waals surface area contributed by atoms with Crippen LogP contribution in [0.3, 0.4) is 0 Å². The molecule has 0 spiro atoms. The molecule has 0 saturated carbocycles. The molecule has 0 atom stereocenters. The van der Waals surface area contributed by atoms with Crippen LogP contribution in [-0.2, 0) is 17.8 Å². The van der Waals surface area contributed by atoms with E-state index in [-0.39, 0.29) is 11.7 Å². The third-order valence-corrected chi connectivity index (χ3v) is 2.35. The maximum atomic E-state index is 11.5. The summed E-state index contributed by atoms with van der Waals surface area (Å²) in [5.74, 6) is 0.367. The highest BCUT2D eigenvalue weighted by molar-refractivity contribution is 5.82. The van der Waals surface area contributed by atoms with Crippen LogP contribution >= 0.6 is 0 Å². The Morgan fingerprint density at radius 1 is 1.29 bits per heavy atom. The van der Waals surface area contributed by atoms with Crippen molar-refractivity contribution in [1.82, 2.24) is 0 Å². The Morgan fingerprint density at radius 3 is 2.36 bits per heavy atom. The Labute approximate surface area is 85.1 Å². The molecule has 0 saturated heterocycles. The topological polar surface area (TPSA) is 43.1 Å². The first kappa shape index (κ1) is 10.9. The third kappa shape index (κ3) is 2.67. The van der Waals surface area contributed by atoms with E-state index >= 15 is 0 Å². The summed E-state index contributed by atoms with van der Waals surface area (Å²) < 4.78 is 0. The second-order valence-electron chi connectivity index (χ2n) is 3.77. The van der Waals surface area contributed by atoms with Crippen LogP contribution in [0.4, 0.5) is 0 Å². The van der Waals surface area contributed by atoms with Crippen LogP contribution in [-0.4, -0.2) is 5.78 Å². The van der Waals surface area contributed by atoms with E-state index in [1.165, 1.54) is 0 Å². The van der Waals surface area contributed by atoms with E-state index in [0.717, 1.165) is 11.1 Å². The van der Waals surface area contributed by atoms with Gasteiger partial charge >= 0.3 is 0 Å². The minimum absolute atomic E-state index is 0.0980. The zero-order chi connectivity index (χ0) is 10.6. The zero-order valence-electron chi connectivity index (χ0n) is 8.79. The Bertz CT molecular complexity index is 318. The highest BCUT2D eigenvalue weighted by Gasteiger charge is 2.09. The average molecular weight is 191 g/mol. The number of hydrogen-bond donors (Lipinski definition) is 1. The first-order chi connectivity index (χ1) is 6.65. The summed E-state index contributed by atoms with van der Waals surface area (Å²) in [5, 5.41) is 0. The molecule has 1 rings (SSSR count). The van der Waals surface area contributed by atoms with Crippen molar-refractivity contribution in [2.75, 3.05) is 0 Å². The molecule has 0 aliphatic carbocycles. The van der Waals surface area contributed by atoms with E-state index < -0.39 is 0 Å². The molecule has 0 aromatic heterocycles. The monoisotopic (exact) mass is 191 g/mol. The van der Waals surface area contributed by atoms with Crippen molar-refractivity contribution in [3.63, 3.8) is 0 Å². The van der Waals surface area contributed by atoms with Gasteiger partial charge in [-0.2, -0.15) is 0 Å². The molecule has 0 radical (unpaired) electrons. The normalized spacial score (nSPS) is 10.6. The smallest absolute Gasteiger partial charge is 0.139 e. The summed E-state index contributed by atoms with van der Waals surface area (Å²) in [6.45, 7) is 4.35. The summed E-state index contributed by atoms with van der Waals surface area (Å²) >= 11 is 0. The quantitative estimate of drug-likeness (QED) is 0.790. The molecule has 2 N–H and O–H groups in total. The Kier molecular flexibility index (Phi) is 3.84. The van der Waals surface area contributed by atoms with Gasteiger partial charge in [0.15, 0.2) is 0 Å². The first-order valence-corrected chi connectivity index (χ1v) is 4.94. The van der Waals surface area contributed by atoms with E-state index in [9.17, 15) is 4.79 Å². The number of ketones is 1. The molecule has 0 heterocycles. The fourth-order valence-electron chi connectivity index (χ4n) is 1.32. The summed E-state index contributed by atoms with van der Waals surface area (Å²) in [6, 6.07) is 7.85. The molecule has 2 heteroatoms. The molecule has 14 heavy (non-hydrogen) atoms. The van der Waals surface area contributed by atoms with Crippen LogP contribution in [0.15, 0.2) is 24.3 Å². The fourth-order valence-corrected chi connectivity index (χ4v) is 1.32. The second-order valence-corrected chi connectivity index (χ2v) is 3.77. The average Bonchev–Trinajstić information content (AvgIpc) is 2.18. The Balaban J connectivity index is 2.80. The first-order valence-electron chi connectivity index (χ1n) is 4.94. The number of Topliss-reactive ketones (excluding diaryl/α,β-unsaturated/α-hetero) is 1. The molecule has 1 aromatic carbocycles. The van der Waals surface area contributed by atoms with Crippen LogP contribution in [0.2, 0.25) is 0 Å². The molecule has 1 aromatic rings. The summed E-state index contributed by atoms with van der Waals surface area (Å²) in [7, 11) is 0. The second kappa shape index (κ2) is 4.91. The summed E-state index contributed by atoms with van der Waals surface area (Å²) in [5.41, 5.74) is 7.73. The number of carbonyl (C=O) groups excluding carboxylic acids is 1. The van der Waals surface area contributed by atoms with Gasteiger partial charge < -0.3 is 5.73 Å². The van der Waals surface area contributed by atoms with E-state index in [4.69, 9.17) is 5.73 Å². The highest BCUT2D eigenvalue weighted by atomic mass is 16.1. The minimum atomic E-state index is 0.0980. The Morgan fingerprint density at radius 2 is 1.86 bits per heavy atom. The lowest BCUT2D eigenvalue weighted by molar-refractivity contribution is -0.121. The lowest BCUT2D eigenvalue weighted by atomic mass is 9.97. The van der Waals surface area contributed by atoms with Gasteiger partial charge in [0, 0.05) is 18.9 Å². The predicted octanol–water partition coefficient (Wildman–Crippen LogP) is 1.91. The van der Waals surface area contributed by atoms with Gasteiger partial charge in [0.2, 0.25) is 0 Å². The number of nitrogens with two attached hydrogens (primary N) is 1. The van der Waals surface area contributed by atoms with Crippen molar-refractivity contribution in [3.8, 4) is 0 Å². The number of hydrogen-bond acceptors (Lipinski definition) is 2. The fraction of sp³-hybridized carbons (Fsp3) is 0.417. The molecule has 0 bridgehead atoms. The van der Waals surface area contributed by atoms with Gasteiger partial charge in [-0.1, -0.05) is 38.1 Å². The summed E-state index contributed by atoms with van der Waals surface area (Å²) in [4.78, 5) is 11.5. The lowest BCUT2D eigenvalue weighted by Crippen LogP contribution is -2.12. The maximum absolute atomic E-state index is 11.5. The van der Waals surface area contributed by atoms with E-state index in [0.29, 0.717) is 13.0 Å². The molecule has 0 amide bonds. The van der Waals surface area contributed by atoms with E-state index in [1.807, 2.05) is 38.1 Å². The number of benzene rings is 1. The van der Waals surface area contributed by atoms with E-state index in [2.05, 4.69) is 0 Å². The number of carbonyl (C=O) groups is 1. The van der Waals surface area contributed by atoms with Gasteiger partial charge in [0.1, 0.15) is 5.78 Å². The van der Waals surface area contributed by atoms with Crippen LogP contribution < -0.4 is 5.73 Å². The minimum Gasteiger partial charge on any atom is -0.326 e. The molecular weight excluding hydrogens is 174 g/mol.